The summed E-state index contributed by atoms with van der Waals surface area (Å²) in [6.45, 7) is 1.39. The van der Waals surface area contributed by atoms with Gasteiger partial charge in [0.2, 0.25) is 0 Å². The summed E-state index contributed by atoms with van der Waals surface area (Å²) >= 11 is 0. The SMILES string of the molecule is C[C@@H](CCc1ncc(F)cn1)S(=O)(=O)O. The maximum absolute atomic E-state index is 12.4. The number of aryl methyl sites for hydroxylation is 1. The van der Waals surface area contributed by atoms with Crippen molar-refractivity contribution in [3.63, 3.8) is 0 Å². The maximum Gasteiger partial charge on any atom is 0.267 e. The number of hydrogen-bond donors (Lipinski definition) is 1. The van der Waals surface area contributed by atoms with E-state index >= 15 is 0 Å². The quantitative estimate of drug-likeness (QED) is 0.780. The van der Waals surface area contributed by atoms with Gasteiger partial charge in [-0.2, -0.15) is 8.42 Å². The molecule has 15 heavy (non-hydrogen) atoms. The van der Waals surface area contributed by atoms with Gasteiger partial charge in [0, 0.05) is 6.42 Å². The van der Waals surface area contributed by atoms with Crippen LogP contribution < -0.4 is 0 Å². The molecule has 0 aliphatic heterocycles. The molecule has 0 aromatic carbocycles. The third-order valence-corrected chi connectivity index (χ3v) is 3.21. The smallest absolute Gasteiger partial charge is 0.267 e. The molecule has 0 saturated carbocycles. The van der Waals surface area contributed by atoms with Crippen LogP contribution in [-0.2, 0) is 16.5 Å². The van der Waals surface area contributed by atoms with Crippen LogP contribution in [0.15, 0.2) is 12.4 Å². The van der Waals surface area contributed by atoms with Gasteiger partial charge < -0.3 is 0 Å². The molecule has 0 fully saturated rings. The second kappa shape index (κ2) is 4.63. The van der Waals surface area contributed by atoms with Crippen molar-refractivity contribution in [3.05, 3.63) is 24.0 Å². The van der Waals surface area contributed by atoms with Gasteiger partial charge in [-0.1, -0.05) is 0 Å². The van der Waals surface area contributed by atoms with E-state index in [-0.39, 0.29) is 12.8 Å². The molecule has 1 aromatic rings. The van der Waals surface area contributed by atoms with Gasteiger partial charge >= 0.3 is 0 Å². The number of hydrogen-bond acceptors (Lipinski definition) is 4. The fourth-order valence-corrected chi connectivity index (χ4v) is 1.37. The van der Waals surface area contributed by atoms with E-state index in [1.807, 2.05) is 0 Å². The molecule has 5 nitrogen and oxygen atoms in total. The van der Waals surface area contributed by atoms with Crippen LogP contribution in [0.25, 0.3) is 0 Å². The lowest BCUT2D eigenvalue weighted by atomic mass is 10.2. The first-order chi connectivity index (χ1) is 6.89. The predicted molar refractivity (Wildman–Crippen MR) is 51.3 cm³/mol. The Kier molecular flexibility index (Phi) is 3.70. The van der Waals surface area contributed by atoms with Gasteiger partial charge in [0.1, 0.15) is 5.82 Å². The van der Waals surface area contributed by atoms with E-state index in [2.05, 4.69) is 9.97 Å². The van der Waals surface area contributed by atoms with Gasteiger partial charge in [0.15, 0.2) is 5.82 Å². The summed E-state index contributed by atoms with van der Waals surface area (Å²) in [4.78, 5) is 7.34. The van der Waals surface area contributed by atoms with Crippen LogP contribution >= 0.6 is 0 Å². The lowest BCUT2D eigenvalue weighted by Gasteiger charge is -2.06. The number of rotatable bonds is 4. The highest BCUT2D eigenvalue weighted by Crippen LogP contribution is 2.06. The lowest BCUT2D eigenvalue weighted by Crippen LogP contribution is -2.17. The van der Waals surface area contributed by atoms with Crippen molar-refractivity contribution in [1.29, 1.82) is 0 Å². The summed E-state index contributed by atoms with van der Waals surface area (Å²) in [5.74, 6) is -0.187. The Balaban J connectivity index is 2.55. The maximum atomic E-state index is 12.4. The highest BCUT2D eigenvalue weighted by molar-refractivity contribution is 7.86. The molecule has 1 atom stereocenters. The van der Waals surface area contributed by atoms with Crippen LogP contribution in [0.5, 0.6) is 0 Å². The van der Waals surface area contributed by atoms with Crippen LogP contribution in [0.2, 0.25) is 0 Å². The molecular formula is C8H11FN2O3S. The molecule has 0 radical (unpaired) electrons. The summed E-state index contributed by atoms with van der Waals surface area (Å²) in [5, 5.41) is -0.869. The Morgan fingerprint density at radius 2 is 2.00 bits per heavy atom. The van der Waals surface area contributed by atoms with Crippen LogP contribution in [0, 0.1) is 5.82 Å². The molecule has 0 bridgehead atoms. The summed E-state index contributed by atoms with van der Waals surface area (Å²) in [6, 6.07) is 0. The van der Waals surface area contributed by atoms with Crippen molar-refractivity contribution in [2.75, 3.05) is 0 Å². The van der Waals surface area contributed by atoms with Crippen molar-refractivity contribution in [1.82, 2.24) is 9.97 Å². The zero-order valence-corrected chi connectivity index (χ0v) is 8.91. The zero-order valence-electron chi connectivity index (χ0n) is 8.09. The highest BCUT2D eigenvalue weighted by atomic mass is 32.2. The van der Waals surface area contributed by atoms with Gasteiger partial charge in [-0.05, 0) is 13.3 Å². The Hall–Kier alpha value is -1.08. The van der Waals surface area contributed by atoms with E-state index in [1.54, 1.807) is 0 Å². The molecular weight excluding hydrogens is 223 g/mol. The van der Waals surface area contributed by atoms with E-state index in [1.165, 1.54) is 6.92 Å². The molecule has 1 heterocycles. The topological polar surface area (TPSA) is 80.2 Å². The van der Waals surface area contributed by atoms with Crippen molar-refractivity contribution in [2.24, 2.45) is 0 Å². The van der Waals surface area contributed by atoms with Crippen molar-refractivity contribution in [3.8, 4) is 0 Å². The molecule has 0 saturated heterocycles. The zero-order chi connectivity index (χ0) is 11.5. The molecule has 1 N–H and O–H groups in total. The fourth-order valence-electron chi connectivity index (χ4n) is 0.949. The third kappa shape index (κ3) is 3.88. The Morgan fingerprint density at radius 1 is 1.47 bits per heavy atom. The molecule has 1 rings (SSSR count). The molecule has 0 unspecified atom stereocenters. The molecule has 0 amide bonds. The fraction of sp³-hybridized carbons (Fsp3) is 0.500. The first-order valence-electron chi connectivity index (χ1n) is 4.32. The van der Waals surface area contributed by atoms with Crippen LogP contribution in [0.3, 0.4) is 0 Å². The molecule has 0 spiro atoms. The van der Waals surface area contributed by atoms with Gasteiger partial charge in [-0.25, -0.2) is 14.4 Å². The minimum Gasteiger partial charge on any atom is -0.285 e. The Labute approximate surface area is 87.1 Å². The van der Waals surface area contributed by atoms with Crippen LogP contribution in [-0.4, -0.2) is 28.2 Å². The highest BCUT2D eigenvalue weighted by Gasteiger charge is 2.17. The molecule has 7 heteroatoms. The van der Waals surface area contributed by atoms with Gasteiger partial charge in [-0.15, -0.1) is 0 Å². The van der Waals surface area contributed by atoms with E-state index < -0.39 is 21.2 Å². The van der Waals surface area contributed by atoms with Crippen LogP contribution in [0.1, 0.15) is 19.2 Å². The predicted octanol–water partition coefficient (Wildman–Crippen LogP) is 0.825. The van der Waals surface area contributed by atoms with Crippen molar-refractivity contribution in [2.45, 2.75) is 25.0 Å². The Bertz CT molecular complexity index is 418. The second-order valence-electron chi connectivity index (χ2n) is 3.18. The summed E-state index contributed by atoms with van der Waals surface area (Å²) in [5.41, 5.74) is 0. The summed E-state index contributed by atoms with van der Waals surface area (Å²) < 4.78 is 42.4. The van der Waals surface area contributed by atoms with Gasteiger partial charge in [0.25, 0.3) is 10.1 Å². The van der Waals surface area contributed by atoms with Crippen molar-refractivity contribution < 1.29 is 17.4 Å². The number of nitrogens with zero attached hydrogens (tertiary/aromatic N) is 2. The number of aromatic nitrogens is 2. The standard InChI is InChI=1S/C8H11FN2O3S/c1-6(15(12,13)14)2-3-8-10-4-7(9)5-11-8/h4-6H,2-3H2,1H3,(H,12,13,14)/t6-/m0/s1. The molecule has 84 valence electrons. The van der Waals surface area contributed by atoms with E-state index in [9.17, 15) is 12.8 Å². The van der Waals surface area contributed by atoms with E-state index in [4.69, 9.17) is 4.55 Å². The number of halogens is 1. The normalized spacial score (nSPS) is 13.8. The minimum atomic E-state index is -4.01. The first kappa shape index (κ1) is 12.0. The van der Waals surface area contributed by atoms with Crippen LogP contribution in [0.4, 0.5) is 4.39 Å². The minimum absolute atomic E-state index is 0.199. The third-order valence-electron chi connectivity index (χ3n) is 1.96. The van der Waals surface area contributed by atoms with Gasteiger partial charge in [0.05, 0.1) is 17.6 Å². The average Bonchev–Trinajstić information content (AvgIpc) is 2.15. The molecule has 0 aliphatic rings. The Morgan fingerprint density at radius 3 is 2.47 bits per heavy atom. The monoisotopic (exact) mass is 234 g/mol. The molecule has 0 aliphatic carbocycles. The van der Waals surface area contributed by atoms with E-state index in [0.29, 0.717) is 5.82 Å². The van der Waals surface area contributed by atoms with Crippen molar-refractivity contribution >= 4 is 10.1 Å². The van der Waals surface area contributed by atoms with E-state index in [0.717, 1.165) is 12.4 Å². The molecule has 1 aromatic heterocycles. The summed E-state index contributed by atoms with van der Waals surface area (Å²) in [7, 11) is -4.01. The van der Waals surface area contributed by atoms with Gasteiger partial charge in [-0.3, -0.25) is 4.55 Å². The largest absolute Gasteiger partial charge is 0.285 e. The summed E-state index contributed by atoms with van der Waals surface area (Å²) in [6.07, 6.45) is 2.51. The average molecular weight is 234 g/mol. The first-order valence-corrected chi connectivity index (χ1v) is 5.82. The second-order valence-corrected chi connectivity index (χ2v) is 5.02. The lowest BCUT2D eigenvalue weighted by molar-refractivity contribution is 0.465.